The molecule has 0 radical (unpaired) electrons. The van der Waals surface area contributed by atoms with Gasteiger partial charge in [0.2, 0.25) is 11.6 Å². The molecule has 0 saturated carbocycles. The highest BCUT2D eigenvalue weighted by molar-refractivity contribution is 7.80. The average Bonchev–Trinajstić information content (AvgIpc) is 2.66. The summed E-state index contributed by atoms with van der Waals surface area (Å²) in [5.41, 5.74) is 0.0295. The predicted octanol–water partition coefficient (Wildman–Crippen LogP) is 0.00200. The van der Waals surface area contributed by atoms with E-state index in [0.717, 1.165) is 0 Å². The molecule has 1 fully saturated rings. The number of carbonyl (C=O) groups is 1. The van der Waals surface area contributed by atoms with Gasteiger partial charge in [0.25, 0.3) is 0 Å². The molecule has 3 rings (SSSR count). The molecule has 0 bridgehead atoms. The number of anilines is 1. The Kier molecular flexibility index (Phi) is 1.96. The van der Waals surface area contributed by atoms with Crippen molar-refractivity contribution in [2.45, 2.75) is 18.8 Å². The van der Waals surface area contributed by atoms with Gasteiger partial charge in [0, 0.05) is 12.5 Å². The normalized spacial score (nSPS) is 29.4. The second-order valence-corrected chi connectivity index (χ2v) is 4.58. The molecule has 6 heteroatoms. The van der Waals surface area contributed by atoms with Gasteiger partial charge in [0.15, 0.2) is 11.3 Å². The van der Waals surface area contributed by atoms with Crippen LogP contribution in [0, 0.1) is 0 Å². The molecule has 88 valence electrons. The van der Waals surface area contributed by atoms with Crippen molar-refractivity contribution in [3.8, 4) is 0 Å². The van der Waals surface area contributed by atoms with E-state index in [1.54, 1.807) is 12.1 Å². The van der Waals surface area contributed by atoms with Gasteiger partial charge in [0.05, 0.1) is 5.69 Å². The molecule has 1 aromatic rings. The lowest BCUT2D eigenvalue weighted by molar-refractivity contribution is -0.118. The molecule has 1 saturated heterocycles. The molecule has 2 aliphatic rings. The van der Waals surface area contributed by atoms with Gasteiger partial charge in [-0.05, 0) is 18.3 Å². The molecule has 2 aliphatic heterocycles. The largest absolute Gasteiger partial charge is 0.364 e. The Morgan fingerprint density at radius 3 is 2.94 bits per heavy atom. The lowest BCUT2D eigenvalue weighted by atomic mass is 10.0. The van der Waals surface area contributed by atoms with E-state index in [1.807, 2.05) is 12.1 Å². The molecular formula is C11H11N3O2S. The standard InChI is InChI=1S/C11H11N3O2S/c1-6(15)14-8-5-3-2-4-7(8)11(16)9(14)12-10(17)13-11/h2-5,9,16H,1H3,(H2,12,13,17). The van der Waals surface area contributed by atoms with Crippen LogP contribution in [0.15, 0.2) is 24.3 Å². The van der Waals surface area contributed by atoms with Crippen LogP contribution in [0.4, 0.5) is 5.69 Å². The first-order chi connectivity index (χ1) is 8.04. The van der Waals surface area contributed by atoms with Crippen LogP contribution in [0.1, 0.15) is 12.5 Å². The van der Waals surface area contributed by atoms with Crippen molar-refractivity contribution in [3.63, 3.8) is 0 Å². The van der Waals surface area contributed by atoms with Gasteiger partial charge in [-0.25, -0.2) is 0 Å². The number of nitrogens with one attached hydrogen (secondary N) is 2. The summed E-state index contributed by atoms with van der Waals surface area (Å²) < 4.78 is 0. The van der Waals surface area contributed by atoms with E-state index in [1.165, 1.54) is 11.8 Å². The number of benzene rings is 1. The summed E-state index contributed by atoms with van der Waals surface area (Å²) in [6.07, 6.45) is -0.579. The number of amides is 1. The van der Waals surface area contributed by atoms with E-state index in [-0.39, 0.29) is 5.91 Å². The molecule has 0 aromatic heterocycles. The quantitative estimate of drug-likeness (QED) is 0.565. The Morgan fingerprint density at radius 2 is 2.24 bits per heavy atom. The summed E-state index contributed by atoms with van der Waals surface area (Å²) in [6.45, 7) is 1.46. The van der Waals surface area contributed by atoms with Crippen LogP contribution in [0.5, 0.6) is 0 Å². The third kappa shape index (κ3) is 1.22. The minimum Gasteiger partial charge on any atom is -0.364 e. The number of aliphatic hydroxyl groups is 1. The van der Waals surface area contributed by atoms with Crippen LogP contribution >= 0.6 is 12.2 Å². The Morgan fingerprint density at radius 1 is 1.53 bits per heavy atom. The molecule has 17 heavy (non-hydrogen) atoms. The Labute approximate surface area is 103 Å². The van der Waals surface area contributed by atoms with Gasteiger partial charge >= 0.3 is 0 Å². The zero-order valence-corrected chi connectivity index (χ0v) is 9.91. The molecule has 1 amide bonds. The third-order valence-electron chi connectivity index (χ3n) is 3.14. The molecular weight excluding hydrogens is 238 g/mol. The van der Waals surface area contributed by atoms with Crippen LogP contribution in [-0.4, -0.2) is 22.3 Å². The summed E-state index contributed by atoms with van der Waals surface area (Å²) in [4.78, 5) is 13.2. The van der Waals surface area contributed by atoms with Crippen molar-refractivity contribution >= 4 is 28.9 Å². The van der Waals surface area contributed by atoms with E-state index in [4.69, 9.17) is 12.2 Å². The highest BCUT2D eigenvalue weighted by atomic mass is 32.1. The summed E-state index contributed by atoms with van der Waals surface area (Å²) in [5, 5.41) is 16.7. The molecule has 5 nitrogen and oxygen atoms in total. The Hall–Kier alpha value is -1.66. The Balaban J connectivity index is 2.22. The smallest absolute Gasteiger partial charge is 0.225 e. The average molecular weight is 249 g/mol. The van der Waals surface area contributed by atoms with Crippen LogP contribution in [0.3, 0.4) is 0 Å². The van der Waals surface area contributed by atoms with Crippen LogP contribution in [-0.2, 0) is 10.5 Å². The fourth-order valence-electron chi connectivity index (χ4n) is 2.47. The molecule has 3 N–H and O–H groups in total. The van der Waals surface area contributed by atoms with E-state index in [0.29, 0.717) is 16.4 Å². The first-order valence-electron chi connectivity index (χ1n) is 5.24. The van der Waals surface area contributed by atoms with Gasteiger partial charge in [-0.3, -0.25) is 9.69 Å². The number of fused-ring (bicyclic) bond motifs is 3. The monoisotopic (exact) mass is 249 g/mol. The molecule has 0 aliphatic carbocycles. The fourth-order valence-corrected chi connectivity index (χ4v) is 2.74. The number of hydrogen-bond donors (Lipinski definition) is 3. The SMILES string of the molecule is CC(=O)N1c2ccccc2C2(O)NC(=S)NC12. The lowest BCUT2D eigenvalue weighted by Gasteiger charge is -2.26. The van der Waals surface area contributed by atoms with Crippen molar-refractivity contribution < 1.29 is 9.90 Å². The second-order valence-electron chi connectivity index (χ2n) is 4.17. The summed E-state index contributed by atoms with van der Waals surface area (Å²) in [6, 6.07) is 7.24. The van der Waals surface area contributed by atoms with Crippen molar-refractivity contribution in [2.75, 3.05) is 4.90 Å². The fraction of sp³-hybridized carbons (Fsp3) is 0.273. The van der Waals surface area contributed by atoms with Gasteiger partial charge in [0.1, 0.15) is 0 Å². The van der Waals surface area contributed by atoms with Crippen molar-refractivity contribution in [1.82, 2.24) is 10.6 Å². The molecule has 2 heterocycles. The first-order valence-corrected chi connectivity index (χ1v) is 5.65. The summed E-state index contributed by atoms with van der Waals surface area (Å²) in [5.74, 6) is -0.141. The maximum atomic E-state index is 11.7. The Bertz CT molecular complexity index is 533. The number of rotatable bonds is 0. The van der Waals surface area contributed by atoms with Gasteiger partial charge in [-0.2, -0.15) is 0 Å². The zero-order valence-electron chi connectivity index (χ0n) is 9.10. The predicted molar refractivity (Wildman–Crippen MR) is 66.2 cm³/mol. The zero-order chi connectivity index (χ0) is 12.2. The molecule has 0 spiro atoms. The maximum absolute atomic E-state index is 11.7. The van der Waals surface area contributed by atoms with Crippen LogP contribution in [0.2, 0.25) is 0 Å². The van der Waals surface area contributed by atoms with Crippen LogP contribution < -0.4 is 15.5 Å². The van der Waals surface area contributed by atoms with Gasteiger partial charge < -0.3 is 15.7 Å². The van der Waals surface area contributed by atoms with E-state index in [9.17, 15) is 9.90 Å². The summed E-state index contributed by atoms with van der Waals surface area (Å²) in [7, 11) is 0. The highest BCUT2D eigenvalue weighted by Gasteiger charge is 2.56. The van der Waals surface area contributed by atoms with Crippen LogP contribution in [0.25, 0.3) is 0 Å². The van der Waals surface area contributed by atoms with Gasteiger partial charge in [-0.1, -0.05) is 18.2 Å². The first kappa shape index (κ1) is 10.5. The maximum Gasteiger partial charge on any atom is 0.225 e. The molecule has 2 atom stereocenters. The highest BCUT2D eigenvalue weighted by Crippen LogP contribution is 2.43. The minimum atomic E-state index is -1.33. The van der Waals surface area contributed by atoms with E-state index >= 15 is 0 Å². The number of hydrogen-bond acceptors (Lipinski definition) is 3. The number of thiocarbonyl (C=S) groups is 1. The number of nitrogens with zero attached hydrogens (tertiary/aromatic N) is 1. The third-order valence-corrected chi connectivity index (χ3v) is 3.36. The molecule has 2 unspecified atom stereocenters. The van der Waals surface area contributed by atoms with Gasteiger partial charge in [-0.15, -0.1) is 0 Å². The van der Waals surface area contributed by atoms with Crippen molar-refractivity contribution in [1.29, 1.82) is 0 Å². The summed E-state index contributed by atoms with van der Waals surface area (Å²) >= 11 is 4.99. The lowest BCUT2D eigenvalue weighted by Crippen LogP contribution is -2.52. The van der Waals surface area contributed by atoms with Crippen molar-refractivity contribution in [2.24, 2.45) is 0 Å². The topological polar surface area (TPSA) is 64.6 Å². The minimum absolute atomic E-state index is 0.141. The second kappa shape index (κ2) is 3.18. The van der Waals surface area contributed by atoms with E-state index in [2.05, 4.69) is 10.6 Å². The molecule has 1 aromatic carbocycles. The number of carbonyl (C=O) groups excluding carboxylic acids is 1. The van der Waals surface area contributed by atoms with E-state index < -0.39 is 11.9 Å². The number of para-hydroxylation sites is 1. The van der Waals surface area contributed by atoms with Crippen molar-refractivity contribution in [3.05, 3.63) is 29.8 Å².